The molecule has 0 saturated carbocycles. The zero-order valence-electron chi connectivity index (χ0n) is 16.3. The van der Waals surface area contributed by atoms with Gasteiger partial charge in [0.1, 0.15) is 11.8 Å². The van der Waals surface area contributed by atoms with Gasteiger partial charge < -0.3 is 15.4 Å². The van der Waals surface area contributed by atoms with E-state index in [1.54, 1.807) is 24.9 Å². The molecule has 1 atom stereocenters. The zero-order chi connectivity index (χ0) is 20.8. The summed E-state index contributed by atoms with van der Waals surface area (Å²) in [5.74, 6) is 0.0494. The first-order valence-corrected chi connectivity index (χ1v) is 10.4. The molecule has 0 aromatic heterocycles. The third-order valence-corrected chi connectivity index (χ3v) is 5.36. The van der Waals surface area contributed by atoms with Gasteiger partial charge in [0.25, 0.3) is 5.91 Å². The van der Waals surface area contributed by atoms with Crippen LogP contribution >= 0.6 is 11.8 Å². The Morgan fingerprint density at radius 1 is 1.21 bits per heavy atom. The van der Waals surface area contributed by atoms with Crippen LogP contribution in [0.2, 0.25) is 0 Å². The Bertz CT molecular complexity index is 901. The van der Waals surface area contributed by atoms with Gasteiger partial charge in [0.05, 0.1) is 13.5 Å². The van der Waals surface area contributed by atoms with Crippen LogP contribution in [0.5, 0.6) is 5.75 Å². The number of nitrogens with one attached hydrogen (secondary N) is 2. The fraction of sp³-hybridized carbons (Fsp3) is 0.286. The highest BCUT2D eigenvalue weighted by Gasteiger charge is 2.38. The number of nitrogens with zero attached hydrogens (tertiary/aromatic N) is 1. The maximum atomic E-state index is 12.6. The van der Waals surface area contributed by atoms with Crippen molar-refractivity contribution in [2.75, 3.05) is 25.2 Å². The smallest absolute Gasteiger partial charge is 0.324 e. The average molecular weight is 413 g/mol. The van der Waals surface area contributed by atoms with Crippen LogP contribution in [0.15, 0.2) is 53.4 Å². The molecule has 1 heterocycles. The van der Waals surface area contributed by atoms with Crippen molar-refractivity contribution in [2.24, 2.45) is 0 Å². The number of ether oxygens (including phenoxy) is 1. The van der Waals surface area contributed by atoms with E-state index in [4.69, 9.17) is 4.74 Å². The molecule has 2 N–H and O–H groups in total. The summed E-state index contributed by atoms with van der Waals surface area (Å²) < 4.78 is 5.12. The van der Waals surface area contributed by atoms with Crippen LogP contribution < -0.4 is 15.4 Å². The normalized spacial score (nSPS) is 15.9. The van der Waals surface area contributed by atoms with E-state index >= 15 is 0 Å². The summed E-state index contributed by atoms with van der Waals surface area (Å²) in [5, 5.41) is 5.38. The SMILES string of the molecule is COc1ccc(CCN2C(=O)N[C@H](CC(=O)Nc3cccc(SC)c3)C2=O)cc1. The summed E-state index contributed by atoms with van der Waals surface area (Å²) in [6.45, 7) is 0.255. The molecule has 1 aliphatic heterocycles. The number of amides is 4. The average Bonchev–Trinajstić information content (AvgIpc) is 2.99. The Labute approximate surface area is 173 Å². The standard InChI is InChI=1S/C21H23N3O4S/c1-28-16-8-6-14(7-9-16)10-11-24-20(26)18(23-21(24)27)13-19(25)22-15-4-3-5-17(12-15)29-2/h3-9,12,18H,10-11,13H2,1-2H3,(H,22,25)(H,23,27)/t18-/m1/s1. The lowest BCUT2D eigenvalue weighted by Crippen LogP contribution is -2.34. The van der Waals surface area contributed by atoms with Gasteiger partial charge in [0.15, 0.2) is 0 Å². The lowest BCUT2D eigenvalue weighted by molar-refractivity contribution is -0.129. The van der Waals surface area contributed by atoms with E-state index in [9.17, 15) is 14.4 Å². The lowest BCUT2D eigenvalue weighted by Gasteiger charge is -2.13. The number of methoxy groups -OCH3 is 1. The second kappa shape index (κ2) is 9.47. The molecule has 7 nitrogen and oxygen atoms in total. The molecular formula is C21H23N3O4S. The van der Waals surface area contributed by atoms with E-state index in [0.29, 0.717) is 12.1 Å². The number of urea groups is 1. The van der Waals surface area contributed by atoms with Gasteiger partial charge in [-0.3, -0.25) is 14.5 Å². The number of rotatable bonds is 8. The second-order valence-electron chi connectivity index (χ2n) is 6.57. The van der Waals surface area contributed by atoms with Gasteiger partial charge in [-0.25, -0.2) is 4.79 Å². The second-order valence-corrected chi connectivity index (χ2v) is 7.45. The van der Waals surface area contributed by atoms with Crippen molar-refractivity contribution in [1.82, 2.24) is 10.2 Å². The highest BCUT2D eigenvalue weighted by Crippen LogP contribution is 2.20. The fourth-order valence-electron chi connectivity index (χ4n) is 3.06. The lowest BCUT2D eigenvalue weighted by atomic mass is 10.1. The van der Waals surface area contributed by atoms with E-state index in [1.165, 1.54) is 0 Å². The topological polar surface area (TPSA) is 87.7 Å². The van der Waals surface area contributed by atoms with Crippen molar-refractivity contribution < 1.29 is 19.1 Å². The molecule has 8 heteroatoms. The number of hydrogen-bond acceptors (Lipinski definition) is 5. The molecule has 2 aromatic carbocycles. The van der Waals surface area contributed by atoms with Gasteiger partial charge in [-0.05, 0) is 48.6 Å². The van der Waals surface area contributed by atoms with Crippen LogP contribution in [-0.4, -0.2) is 48.7 Å². The Morgan fingerprint density at radius 2 is 1.97 bits per heavy atom. The highest BCUT2D eigenvalue weighted by atomic mass is 32.2. The van der Waals surface area contributed by atoms with Crippen LogP contribution in [0.4, 0.5) is 10.5 Å². The summed E-state index contributed by atoms with van der Waals surface area (Å²) in [5.41, 5.74) is 1.65. The summed E-state index contributed by atoms with van der Waals surface area (Å²) in [6, 6.07) is 13.6. The molecule has 0 spiro atoms. The zero-order valence-corrected chi connectivity index (χ0v) is 17.1. The number of thioether (sulfide) groups is 1. The quantitative estimate of drug-likeness (QED) is 0.513. The first-order valence-electron chi connectivity index (χ1n) is 9.19. The number of benzene rings is 2. The maximum absolute atomic E-state index is 12.6. The van der Waals surface area contributed by atoms with Crippen LogP contribution in [0.3, 0.4) is 0 Å². The fourth-order valence-corrected chi connectivity index (χ4v) is 3.52. The monoisotopic (exact) mass is 413 g/mol. The van der Waals surface area contributed by atoms with Crippen molar-refractivity contribution in [3.05, 3.63) is 54.1 Å². The third kappa shape index (κ3) is 5.29. The van der Waals surface area contributed by atoms with Gasteiger partial charge in [-0.1, -0.05) is 18.2 Å². The first kappa shape index (κ1) is 20.7. The Kier molecular flexibility index (Phi) is 6.77. The minimum Gasteiger partial charge on any atom is -0.497 e. The molecule has 0 radical (unpaired) electrons. The van der Waals surface area contributed by atoms with E-state index < -0.39 is 12.1 Å². The van der Waals surface area contributed by atoms with Crippen molar-refractivity contribution in [1.29, 1.82) is 0 Å². The summed E-state index contributed by atoms with van der Waals surface area (Å²) in [6.07, 6.45) is 2.38. The molecule has 3 rings (SSSR count). The minimum atomic E-state index is -0.845. The molecule has 0 aliphatic carbocycles. The molecular weight excluding hydrogens is 390 g/mol. The summed E-state index contributed by atoms with van der Waals surface area (Å²) in [4.78, 5) is 39.2. The molecule has 1 aliphatic rings. The van der Waals surface area contributed by atoms with Gasteiger partial charge >= 0.3 is 6.03 Å². The van der Waals surface area contributed by atoms with E-state index in [0.717, 1.165) is 21.1 Å². The molecule has 0 unspecified atom stereocenters. The van der Waals surface area contributed by atoms with Gasteiger partial charge in [-0.2, -0.15) is 0 Å². The number of anilines is 1. The van der Waals surface area contributed by atoms with Gasteiger partial charge in [0.2, 0.25) is 5.91 Å². The van der Waals surface area contributed by atoms with Gasteiger partial charge in [-0.15, -0.1) is 11.8 Å². The predicted octanol–water partition coefficient (Wildman–Crippen LogP) is 2.91. The number of hydrogen-bond donors (Lipinski definition) is 2. The highest BCUT2D eigenvalue weighted by molar-refractivity contribution is 7.98. The largest absolute Gasteiger partial charge is 0.497 e. The number of carbonyl (C=O) groups excluding carboxylic acids is 3. The Morgan fingerprint density at radius 3 is 2.66 bits per heavy atom. The van der Waals surface area contributed by atoms with E-state index in [2.05, 4.69) is 10.6 Å². The molecule has 1 saturated heterocycles. The van der Waals surface area contributed by atoms with E-state index in [1.807, 2.05) is 48.7 Å². The molecule has 1 fully saturated rings. The molecule has 152 valence electrons. The summed E-state index contributed by atoms with van der Waals surface area (Å²) >= 11 is 1.57. The van der Waals surface area contributed by atoms with Crippen molar-refractivity contribution in [3.8, 4) is 5.75 Å². The van der Waals surface area contributed by atoms with Gasteiger partial charge in [0, 0.05) is 17.1 Å². The minimum absolute atomic E-state index is 0.104. The van der Waals surface area contributed by atoms with Crippen LogP contribution in [0.1, 0.15) is 12.0 Å². The summed E-state index contributed by atoms with van der Waals surface area (Å²) in [7, 11) is 1.60. The number of carbonyl (C=O) groups is 3. The van der Waals surface area contributed by atoms with Crippen LogP contribution in [0, 0.1) is 0 Å². The molecule has 29 heavy (non-hydrogen) atoms. The number of imide groups is 1. The van der Waals surface area contributed by atoms with Crippen molar-refractivity contribution >= 4 is 35.3 Å². The predicted molar refractivity (Wildman–Crippen MR) is 112 cm³/mol. The van der Waals surface area contributed by atoms with Crippen molar-refractivity contribution in [3.63, 3.8) is 0 Å². The van der Waals surface area contributed by atoms with E-state index in [-0.39, 0.29) is 24.8 Å². The molecule has 0 bridgehead atoms. The maximum Gasteiger partial charge on any atom is 0.324 e. The Hall–Kier alpha value is -3.00. The van der Waals surface area contributed by atoms with Crippen molar-refractivity contribution in [2.45, 2.75) is 23.8 Å². The van der Waals surface area contributed by atoms with Crippen LogP contribution in [0.25, 0.3) is 0 Å². The molecule has 2 aromatic rings. The Balaban J connectivity index is 1.54. The third-order valence-electron chi connectivity index (χ3n) is 4.63. The van der Waals surface area contributed by atoms with Crippen LogP contribution in [-0.2, 0) is 16.0 Å². The molecule has 4 amide bonds. The first-order chi connectivity index (χ1) is 14.0.